The lowest BCUT2D eigenvalue weighted by atomic mass is 10.2. The largest absolute Gasteiger partial charge is 0.497 e. The van der Waals surface area contributed by atoms with Crippen LogP contribution in [0.4, 0.5) is 5.69 Å². The van der Waals surface area contributed by atoms with Crippen LogP contribution in [0.5, 0.6) is 23.0 Å². The summed E-state index contributed by atoms with van der Waals surface area (Å²) in [6.07, 6.45) is 0. The van der Waals surface area contributed by atoms with E-state index in [0.29, 0.717) is 23.2 Å². The molecule has 0 aliphatic rings. The highest BCUT2D eigenvalue weighted by molar-refractivity contribution is 7.80. The zero-order chi connectivity index (χ0) is 18.9. The van der Waals surface area contributed by atoms with Crippen LogP contribution in [0, 0.1) is 0 Å². The maximum Gasteiger partial charge on any atom is 0.171 e. The average Bonchev–Trinajstić information content (AvgIpc) is 2.66. The van der Waals surface area contributed by atoms with E-state index in [4.69, 9.17) is 31.2 Å². The molecule has 0 aromatic heterocycles. The van der Waals surface area contributed by atoms with Crippen molar-refractivity contribution < 1.29 is 18.9 Å². The molecule has 2 N–H and O–H groups in total. The van der Waals surface area contributed by atoms with Crippen LogP contribution >= 0.6 is 12.2 Å². The van der Waals surface area contributed by atoms with Crippen molar-refractivity contribution in [1.29, 1.82) is 0 Å². The van der Waals surface area contributed by atoms with Gasteiger partial charge >= 0.3 is 0 Å². The van der Waals surface area contributed by atoms with Crippen LogP contribution in [0.3, 0.4) is 0 Å². The van der Waals surface area contributed by atoms with Gasteiger partial charge < -0.3 is 29.6 Å². The lowest BCUT2D eigenvalue weighted by Crippen LogP contribution is -2.39. The fourth-order valence-corrected chi connectivity index (χ4v) is 2.56. The van der Waals surface area contributed by atoms with Crippen molar-refractivity contribution in [3.63, 3.8) is 0 Å². The Balaban J connectivity index is 1.82. The van der Waals surface area contributed by atoms with E-state index in [0.717, 1.165) is 17.2 Å². The first kappa shape index (κ1) is 19.7. The molecule has 0 aliphatic carbocycles. The lowest BCUT2D eigenvalue weighted by Gasteiger charge is -2.18. The normalized spacial score (nSPS) is 11.2. The van der Waals surface area contributed by atoms with Crippen molar-refractivity contribution in [2.45, 2.75) is 13.0 Å². The molecule has 0 aliphatic heterocycles. The van der Waals surface area contributed by atoms with Gasteiger partial charge in [0.1, 0.15) is 18.1 Å². The van der Waals surface area contributed by atoms with Gasteiger partial charge in [0.05, 0.1) is 27.4 Å². The molecule has 0 fully saturated rings. The highest BCUT2D eigenvalue weighted by Gasteiger charge is 2.08. The minimum atomic E-state index is 0.0252. The summed E-state index contributed by atoms with van der Waals surface area (Å²) in [6, 6.07) is 13.0. The highest BCUT2D eigenvalue weighted by Crippen LogP contribution is 2.29. The fraction of sp³-hybridized carbons (Fsp3) is 0.316. The van der Waals surface area contributed by atoms with Gasteiger partial charge in [0.25, 0.3) is 0 Å². The predicted octanol–water partition coefficient (Wildman–Crippen LogP) is 3.47. The Bertz CT molecular complexity index is 722. The van der Waals surface area contributed by atoms with E-state index in [1.807, 2.05) is 49.4 Å². The second-order valence-electron chi connectivity index (χ2n) is 5.56. The highest BCUT2D eigenvalue weighted by atomic mass is 32.1. The number of benzene rings is 2. The Labute approximate surface area is 159 Å². The summed E-state index contributed by atoms with van der Waals surface area (Å²) in [5.74, 6) is 2.87. The Morgan fingerprint density at radius 2 is 1.58 bits per heavy atom. The monoisotopic (exact) mass is 376 g/mol. The quantitative estimate of drug-likeness (QED) is 0.684. The molecular weight excluding hydrogens is 352 g/mol. The third-order valence-corrected chi connectivity index (χ3v) is 3.80. The first-order chi connectivity index (χ1) is 12.5. The maximum atomic E-state index is 5.74. The zero-order valence-electron chi connectivity index (χ0n) is 15.4. The van der Waals surface area contributed by atoms with Crippen LogP contribution < -0.4 is 29.6 Å². The minimum Gasteiger partial charge on any atom is -0.497 e. The number of ether oxygens (including phenoxy) is 4. The zero-order valence-corrected chi connectivity index (χ0v) is 16.2. The first-order valence-corrected chi connectivity index (χ1v) is 8.53. The Morgan fingerprint density at radius 1 is 0.923 bits per heavy atom. The van der Waals surface area contributed by atoms with Crippen LogP contribution in [-0.4, -0.2) is 39.1 Å². The molecule has 140 valence electrons. The van der Waals surface area contributed by atoms with Gasteiger partial charge in [-0.15, -0.1) is 0 Å². The topological polar surface area (TPSA) is 61.0 Å². The van der Waals surface area contributed by atoms with Crippen LogP contribution in [0.15, 0.2) is 42.5 Å². The summed E-state index contributed by atoms with van der Waals surface area (Å²) in [4.78, 5) is 0. The second-order valence-corrected chi connectivity index (χ2v) is 5.96. The SMILES string of the molecule is COc1ccc(OC[C@@H](C)NC(=S)Nc2ccc(OC)c(OC)c2)cc1. The molecule has 2 rings (SSSR count). The van der Waals surface area contributed by atoms with Crippen LogP contribution in [-0.2, 0) is 0 Å². The number of hydrogen-bond acceptors (Lipinski definition) is 5. The van der Waals surface area contributed by atoms with Crippen molar-refractivity contribution in [2.24, 2.45) is 0 Å². The number of methoxy groups -OCH3 is 3. The third-order valence-electron chi connectivity index (χ3n) is 3.58. The van der Waals surface area contributed by atoms with Crippen LogP contribution in [0.2, 0.25) is 0 Å². The van der Waals surface area contributed by atoms with Crippen molar-refractivity contribution in [1.82, 2.24) is 5.32 Å². The van der Waals surface area contributed by atoms with Gasteiger partial charge in [-0.25, -0.2) is 0 Å². The molecule has 2 aromatic carbocycles. The predicted molar refractivity (Wildman–Crippen MR) is 107 cm³/mol. The van der Waals surface area contributed by atoms with E-state index in [2.05, 4.69) is 10.6 Å². The number of anilines is 1. The van der Waals surface area contributed by atoms with E-state index in [-0.39, 0.29) is 6.04 Å². The van der Waals surface area contributed by atoms with Gasteiger partial charge in [-0.2, -0.15) is 0 Å². The fourth-order valence-electron chi connectivity index (χ4n) is 2.24. The number of thiocarbonyl (C=S) groups is 1. The van der Waals surface area contributed by atoms with Gasteiger partial charge in [0, 0.05) is 11.8 Å². The average molecular weight is 376 g/mol. The summed E-state index contributed by atoms with van der Waals surface area (Å²) in [5, 5.41) is 6.81. The van der Waals surface area contributed by atoms with E-state index >= 15 is 0 Å². The molecule has 0 unspecified atom stereocenters. The smallest absolute Gasteiger partial charge is 0.171 e. The van der Waals surface area contributed by atoms with Gasteiger partial charge in [-0.1, -0.05) is 0 Å². The maximum absolute atomic E-state index is 5.74. The minimum absolute atomic E-state index is 0.0252. The third kappa shape index (κ3) is 5.70. The molecule has 7 heteroatoms. The molecule has 0 amide bonds. The molecule has 2 aromatic rings. The summed E-state index contributed by atoms with van der Waals surface area (Å²) >= 11 is 5.35. The lowest BCUT2D eigenvalue weighted by molar-refractivity contribution is 0.286. The van der Waals surface area contributed by atoms with Gasteiger partial charge in [-0.05, 0) is 55.5 Å². The Hall–Kier alpha value is -2.67. The molecule has 0 saturated carbocycles. The van der Waals surface area contributed by atoms with E-state index in [1.165, 1.54) is 0 Å². The van der Waals surface area contributed by atoms with E-state index in [9.17, 15) is 0 Å². The summed E-state index contributed by atoms with van der Waals surface area (Å²) in [6.45, 7) is 2.46. The second kappa shape index (κ2) is 9.72. The van der Waals surface area contributed by atoms with Crippen molar-refractivity contribution >= 4 is 23.0 Å². The number of rotatable bonds is 8. The molecule has 0 spiro atoms. The summed E-state index contributed by atoms with van der Waals surface area (Å²) < 4.78 is 21.4. The number of nitrogens with one attached hydrogen (secondary N) is 2. The Kier molecular flexibility index (Phi) is 7.35. The molecule has 0 saturated heterocycles. The molecule has 0 heterocycles. The molecule has 0 radical (unpaired) electrons. The van der Waals surface area contributed by atoms with Gasteiger partial charge in [-0.3, -0.25) is 0 Å². The summed E-state index contributed by atoms with van der Waals surface area (Å²) in [5.41, 5.74) is 0.809. The molecule has 26 heavy (non-hydrogen) atoms. The van der Waals surface area contributed by atoms with Gasteiger partial charge in [0.2, 0.25) is 0 Å². The standard InChI is InChI=1S/C19H24N2O4S/c1-13(12-25-16-8-6-15(22-2)7-9-16)20-19(26)21-14-5-10-17(23-3)18(11-14)24-4/h5-11,13H,12H2,1-4H3,(H2,20,21,26)/t13-/m1/s1. The van der Waals surface area contributed by atoms with Crippen molar-refractivity contribution in [2.75, 3.05) is 33.3 Å². The van der Waals surface area contributed by atoms with Crippen molar-refractivity contribution in [3.8, 4) is 23.0 Å². The number of hydrogen-bond donors (Lipinski definition) is 2. The molecule has 1 atom stereocenters. The molecule has 6 nitrogen and oxygen atoms in total. The van der Waals surface area contributed by atoms with E-state index < -0.39 is 0 Å². The van der Waals surface area contributed by atoms with Gasteiger partial charge in [0.15, 0.2) is 16.6 Å². The van der Waals surface area contributed by atoms with E-state index in [1.54, 1.807) is 21.3 Å². The van der Waals surface area contributed by atoms with Crippen LogP contribution in [0.1, 0.15) is 6.92 Å². The molecular formula is C19H24N2O4S. The summed E-state index contributed by atoms with van der Waals surface area (Å²) in [7, 11) is 4.83. The first-order valence-electron chi connectivity index (χ1n) is 8.12. The molecule has 0 bridgehead atoms. The van der Waals surface area contributed by atoms with Crippen molar-refractivity contribution in [3.05, 3.63) is 42.5 Å². The van der Waals surface area contributed by atoms with Crippen LogP contribution in [0.25, 0.3) is 0 Å². The Morgan fingerprint density at radius 3 is 2.19 bits per heavy atom.